The van der Waals surface area contributed by atoms with E-state index in [2.05, 4.69) is 10.3 Å². The van der Waals surface area contributed by atoms with Crippen LogP contribution in [0.25, 0.3) is 0 Å². The van der Waals surface area contributed by atoms with Crippen molar-refractivity contribution in [3.63, 3.8) is 0 Å². The first-order valence-corrected chi connectivity index (χ1v) is 11.9. The second kappa shape index (κ2) is 11.7. The Morgan fingerprint density at radius 3 is 2.97 bits per heavy atom. The standard InChI is InChI=1S/C24H27ClN4O5S/c1-31-22-17(25)3-2-4-19(22)29-8-6-18(21(23(26)35)24(29)30)28-11-15-5-7-27-12-20(15)34-14-16-13-32-9-10-33-16/h2-5,7,12,16,28H,6,8-11,13-14H2,1H3,(H2,26,35). The smallest absolute Gasteiger partial charge is 0.263 e. The van der Waals surface area contributed by atoms with Gasteiger partial charge in [0, 0.05) is 37.0 Å². The molecule has 2 aromatic rings. The number of halogens is 1. The number of carbonyl (C=O) groups excluding carboxylic acids is 1. The third kappa shape index (κ3) is 5.84. The zero-order chi connectivity index (χ0) is 24.8. The molecule has 0 radical (unpaired) electrons. The van der Waals surface area contributed by atoms with Crippen molar-refractivity contribution >= 4 is 40.4 Å². The van der Waals surface area contributed by atoms with Gasteiger partial charge in [0.25, 0.3) is 5.91 Å². The molecule has 0 bridgehead atoms. The first-order chi connectivity index (χ1) is 17.0. The highest BCUT2D eigenvalue weighted by Crippen LogP contribution is 2.37. The number of rotatable bonds is 9. The molecule has 1 saturated heterocycles. The van der Waals surface area contributed by atoms with Crippen LogP contribution in [0.5, 0.6) is 11.5 Å². The summed E-state index contributed by atoms with van der Waals surface area (Å²) >= 11 is 11.5. The van der Waals surface area contributed by atoms with Gasteiger partial charge in [0.2, 0.25) is 0 Å². The highest BCUT2D eigenvalue weighted by Gasteiger charge is 2.32. The molecule has 2 aliphatic heterocycles. The Morgan fingerprint density at radius 2 is 2.23 bits per heavy atom. The fraction of sp³-hybridized carbons (Fsp3) is 0.375. The Hall–Kier alpha value is -2.92. The summed E-state index contributed by atoms with van der Waals surface area (Å²) in [6.07, 6.45) is 3.73. The minimum atomic E-state index is -0.313. The van der Waals surface area contributed by atoms with Gasteiger partial charge in [-0.05, 0) is 18.2 Å². The number of hydrogen-bond acceptors (Lipinski definition) is 8. The van der Waals surface area contributed by atoms with Crippen molar-refractivity contribution in [2.45, 2.75) is 19.1 Å². The van der Waals surface area contributed by atoms with E-state index >= 15 is 0 Å². The normalized spacial score (nSPS) is 18.4. The molecule has 11 heteroatoms. The number of methoxy groups -OCH3 is 1. The van der Waals surface area contributed by atoms with E-state index < -0.39 is 0 Å². The maximum atomic E-state index is 13.4. The Bertz CT molecular complexity index is 1120. The lowest BCUT2D eigenvalue weighted by molar-refractivity contribution is -0.115. The fourth-order valence-electron chi connectivity index (χ4n) is 3.99. The lowest BCUT2D eigenvalue weighted by Gasteiger charge is -2.31. The van der Waals surface area contributed by atoms with Gasteiger partial charge >= 0.3 is 0 Å². The van der Waals surface area contributed by atoms with Gasteiger partial charge in [-0.2, -0.15) is 0 Å². The number of nitrogens with one attached hydrogen (secondary N) is 1. The molecular weight excluding hydrogens is 492 g/mol. The number of pyridine rings is 1. The van der Waals surface area contributed by atoms with Crippen LogP contribution in [0.4, 0.5) is 5.69 Å². The predicted octanol–water partition coefficient (Wildman–Crippen LogP) is 2.60. The second-order valence-electron chi connectivity index (χ2n) is 7.93. The van der Waals surface area contributed by atoms with Crippen molar-refractivity contribution in [3.8, 4) is 11.5 Å². The van der Waals surface area contributed by atoms with E-state index in [9.17, 15) is 4.79 Å². The quantitative estimate of drug-likeness (QED) is 0.484. The Balaban J connectivity index is 1.50. The van der Waals surface area contributed by atoms with Crippen molar-refractivity contribution in [2.24, 2.45) is 5.73 Å². The summed E-state index contributed by atoms with van der Waals surface area (Å²) in [4.78, 5) is 19.2. The van der Waals surface area contributed by atoms with Gasteiger partial charge in [-0.25, -0.2) is 0 Å². The summed E-state index contributed by atoms with van der Waals surface area (Å²) < 4.78 is 22.4. The van der Waals surface area contributed by atoms with Gasteiger partial charge in [-0.3, -0.25) is 9.78 Å². The molecule has 1 fully saturated rings. The summed E-state index contributed by atoms with van der Waals surface area (Å²) in [6, 6.07) is 7.10. The fourth-order valence-corrected chi connectivity index (χ4v) is 4.45. The summed E-state index contributed by atoms with van der Waals surface area (Å²) in [6.45, 7) is 2.80. The first-order valence-electron chi connectivity index (χ1n) is 11.2. The number of nitrogens with two attached hydrogens (primary N) is 1. The molecule has 9 nitrogen and oxygen atoms in total. The second-order valence-corrected chi connectivity index (χ2v) is 8.78. The van der Waals surface area contributed by atoms with E-state index in [1.807, 2.05) is 6.07 Å². The average molecular weight is 519 g/mol. The summed E-state index contributed by atoms with van der Waals surface area (Å²) in [7, 11) is 1.51. The van der Waals surface area contributed by atoms with Crippen LogP contribution in [0.3, 0.4) is 0 Å². The highest BCUT2D eigenvalue weighted by molar-refractivity contribution is 7.80. The van der Waals surface area contributed by atoms with Gasteiger partial charge in [-0.15, -0.1) is 0 Å². The number of hydrogen-bond donors (Lipinski definition) is 2. The monoisotopic (exact) mass is 518 g/mol. The molecule has 1 unspecified atom stereocenters. The zero-order valence-corrected chi connectivity index (χ0v) is 20.9. The molecule has 35 heavy (non-hydrogen) atoms. The first kappa shape index (κ1) is 25.2. The van der Waals surface area contributed by atoms with Crippen LogP contribution in [0.2, 0.25) is 5.02 Å². The Kier molecular flexibility index (Phi) is 8.40. The minimum Gasteiger partial charge on any atom is -0.493 e. The number of amides is 1. The third-order valence-electron chi connectivity index (χ3n) is 5.71. The summed E-state index contributed by atoms with van der Waals surface area (Å²) in [5, 5.41) is 3.75. The number of nitrogens with zero attached hydrogens (tertiary/aromatic N) is 2. The molecular formula is C24H27ClN4O5S. The van der Waals surface area contributed by atoms with E-state index in [0.717, 1.165) is 5.56 Å². The van der Waals surface area contributed by atoms with Crippen LogP contribution >= 0.6 is 23.8 Å². The topological polar surface area (TPSA) is 108 Å². The Labute approximate surface area is 214 Å². The molecule has 3 N–H and O–H groups in total. The van der Waals surface area contributed by atoms with E-state index in [1.54, 1.807) is 35.5 Å². The predicted molar refractivity (Wildman–Crippen MR) is 136 cm³/mol. The molecule has 2 aliphatic rings. The molecule has 1 amide bonds. The van der Waals surface area contributed by atoms with Crippen LogP contribution < -0.4 is 25.4 Å². The number of ether oxygens (including phenoxy) is 4. The summed E-state index contributed by atoms with van der Waals surface area (Å²) in [5.74, 6) is 0.735. The van der Waals surface area contributed by atoms with Crippen molar-refractivity contribution in [3.05, 3.63) is 58.5 Å². The van der Waals surface area contributed by atoms with Crippen molar-refractivity contribution in [1.82, 2.24) is 10.3 Å². The van der Waals surface area contributed by atoms with E-state index in [1.165, 1.54) is 7.11 Å². The van der Waals surface area contributed by atoms with E-state index in [-0.39, 0.29) is 22.6 Å². The van der Waals surface area contributed by atoms with Gasteiger partial charge in [0.15, 0.2) is 5.75 Å². The number of carbonyl (C=O) groups is 1. The zero-order valence-electron chi connectivity index (χ0n) is 19.3. The maximum Gasteiger partial charge on any atom is 0.263 e. The largest absolute Gasteiger partial charge is 0.493 e. The van der Waals surface area contributed by atoms with Crippen molar-refractivity contribution in [2.75, 3.05) is 45.0 Å². The van der Waals surface area contributed by atoms with E-state index in [0.29, 0.717) is 73.8 Å². The number of benzene rings is 1. The minimum absolute atomic E-state index is 0.0174. The van der Waals surface area contributed by atoms with Crippen molar-refractivity contribution in [1.29, 1.82) is 0 Å². The lowest BCUT2D eigenvalue weighted by atomic mass is 10.0. The maximum absolute atomic E-state index is 13.4. The number of aromatic nitrogens is 1. The van der Waals surface area contributed by atoms with Crippen LogP contribution in [0, 0.1) is 0 Å². The molecule has 3 heterocycles. The van der Waals surface area contributed by atoms with Crippen LogP contribution in [-0.4, -0.2) is 62.1 Å². The SMILES string of the molecule is COc1c(Cl)cccc1N1CCC(NCc2ccncc2OCC2COCCO2)=C(C(N)=S)C1=O. The van der Waals surface area contributed by atoms with Gasteiger partial charge in [0.05, 0.1) is 49.4 Å². The van der Waals surface area contributed by atoms with Crippen LogP contribution in [-0.2, 0) is 20.8 Å². The number of thiocarbonyl (C=S) groups is 1. The lowest BCUT2D eigenvalue weighted by Crippen LogP contribution is -2.43. The molecule has 0 spiro atoms. The molecule has 0 saturated carbocycles. The van der Waals surface area contributed by atoms with E-state index in [4.69, 9.17) is 48.5 Å². The molecule has 1 atom stereocenters. The molecule has 4 rings (SSSR count). The molecule has 186 valence electrons. The third-order valence-corrected chi connectivity index (χ3v) is 6.21. The number of anilines is 1. The Morgan fingerprint density at radius 1 is 1.37 bits per heavy atom. The molecule has 1 aromatic carbocycles. The molecule has 1 aromatic heterocycles. The van der Waals surface area contributed by atoms with Crippen LogP contribution in [0.1, 0.15) is 12.0 Å². The van der Waals surface area contributed by atoms with Crippen LogP contribution in [0.15, 0.2) is 47.9 Å². The number of para-hydroxylation sites is 1. The summed E-state index contributed by atoms with van der Waals surface area (Å²) in [5.41, 5.74) is 8.36. The van der Waals surface area contributed by atoms with Gasteiger partial charge < -0.3 is 34.9 Å². The highest BCUT2D eigenvalue weighted by atomic mass is 35.5. The van der Waals surface area contributed by atoms with Crippen molar-refractivity contribution < 1.29 is 23.7 Å². The van der Waals surface area contributed by atoms with Gasteiger partial charge in [-0.1, -0.05) is 29.9 Å². The van der Waals surface area contributed by atoms with Gasteiger partial charge in [0.1, 0.15) is 23.4 Å². The molecule has 0 aliphatic carbocycles. The average Bonchev–Trinajstić information content (AvgIpc) is 2.87.